The van der Waals surface area contributed by atoms with Crippen molar-refractivity contribution < 1.29 is 28.8 Å². The van der Waals surface area contributed by atoms with E-state index in [4.69, 9.17) is 24.1 Å². The van der Waals surface area contributed by atoms with Crippen LogP contribution in [0.25, 0.3) is 10.8 Å². The van der Waals surface area contributed by atoms with E-state index >= 15 is 0 Å². The van der Waals surface area contributed by atoms with Crippen LogP contribution in [0.1, 0.15) is 10.4 Å². The summed E-state index contributed by atoms with van der Waals surface area (Å²) in [6, 6.07) is 10.5. The lowest BCUT2D eigenvalue weighted by Crippen LogP contribution is -2.17. The third-order valence-corrected chi connectivity index (χ3v) is 3.49. The maximum atomic E-state index is 11.0. The molecule has 0 spiro atoms. The van der Waals surface area contributed by atoms with E-state index in [2.05, 4.69) is 6.58 Å². The molecule has 0 aliphatic rings. The Bertz CT molecular complexity index is 712. The van der Waals surface area contributed by atoms with Gasteiger partial charge >= 0.3 is 5.97 Å². The van der Waals surface area contributed by atoms with Gasteiger partial charge in [-0.1, -0.05) is 18.7 Å². The van der Waals surface area contributed by atoms with E-state index < -0.39 is 12.3 Å². The van der Waals surface area contributed by atoms with Crippen molar-refractivity contribution in [3.63, 3.8) is 0 Å². The summed E-state index contributed by atoms with van der Waals surface area (Å²) in [5.41, 5.74) is 0.268. The first kappa shape index (κ1) is 18.9. The highest BCUT2D eigenvalue weighted by Gasteiger charge is 2.05. The Morgan fingerprint density at radius 2 is 1.84 bits per heavy atom. The van der Waals surface area contributed by atoms with Crippen molar-refractivity contribution in [3.05, 3.63) is 54.6 Å². The summed E-state index contributed by atoms with van der Waals surface area (Å²) in [5.74, 6) is -0.227. The second kappa shape index (κ2) is 9.78. The van der Waals surface area contributed by atoms with Crippen molar-refractivity contribution in [2.75, 3.05) is 33.5 Å². The van der Waals surface area contributed by atoms with Crippen molar-refractivity contribution in [1.29, 1.82) is 0 Å². The molecule has 0 amide bonds. The minimum absolute atomic E-state index is 0.268. The average molecular weight is 346 g/mol. The fourth-order valence-electron chi connectivity index (χ4n) is 2.22. The van der Waals surface area contributed by atoms with Gasteiger partial charge in [-0.25, -0.2) is 4.79 Å². The molecule has 0 heterocycles. The summed E-state index contributed by atoms with van der Waals surface area (Å²) in [7, 11) is 1.55. The SMILES string of the molecule is C=CC(OC)OCCOCCOc1ccc2cc(C(=O)O)ccc2c1. The zero-order valence-corrected chi connectivity index (χ0v) is 14.1. The molecule has 0 radical (unpaired) electrons. The molecule has 0 fully saturated rings. The van der Waals surface area contributed by atoms with Gasteiger partial charge in [-0.2, -0.15) is 0 Å². The van der Waals surface area contributed by atoms with Gasteiger partial charge in [0.2, 0.25) is 0 Å². The van der Waals surface area contributed by atoms with E-state index in [1.807, 2.05) is 18.2 Å². The first-order valence-electron chi connectivity index (χ1n) is 7.88. The molecule has 0 saturated heterocycles. The number of methoxy groups -OCH3 is 1. The third kappa shape index (κ3) is 5.86. The molecule has 0 aliphatic carbocycles. The molecule has 2 aromatic carbocycles. The van der Waals surface area contributed by atoms with Gasteiger partial charge in [-0.05, 0) is 41.1 Å². The molecule has 6 heteroatoms. The number of rotatable bonds is 11. The van der Waals surface area contributed by atoms with Crippen molar-refractivity contribution >= 4 is 16.7 Å². The summed E-state index contributed by atoms with van der Waals surface area (Å²) in [6.07, 6.45) is 1.15. The number of carboxylic acids is 1. The molecule has 2 rings (SSSR count). The molecule has 0 aliphatic heterocycles. The third-order valence-electron chi connectivity index (χ3n) is 3.49. The number of carboxylic acid groups (broad SMARTS) is 1. The molecule has 0 aromatic heterocycles. The maximum absolute atomic E-state index is 11.0. The number of aromatic carboxylic acids is 1. The lowest BCUT2D eigenvalue weighted by atomic mass is 10.1. The fraction of sp³-hybridized carbons (Fsp3) is 0.316. The average Bonchev–Trinajstić information content (AvgIpc) is 2.63. The van der Waals surface area contributed by atoms with Crippen LogP contribution in [0.15, 0.2) is 49.1 Å². The van der Waals surface area contributed by atoms with Gasteiger partial charge < -0.3 is 24.1 Å². The molecule has 0 bridgehead atoms. The van der Waals surface area contributed by atoms with Gasteiger partial charge in [-0.15, -0.1) is 0 Å². The van der Waals surface area contributed by atoms with Crippen LogP contribution < -0.4 is 4.74 Å². The Hall–Kier alpha value is -2.41. The monoisotopic (exact) mass is 346 g/mol. The molecule has 0 saturated carbocycles. The first-order chi connectivity index (χ1) is 12.1. The largest absolute Gasteiger partial charge is 0.491 e. The molecular weight excluding hydrogens is 324 g/mol. The lowest BCUT2D eigenvalue weighted by molar-refractivity contribution is -0.104. The van der Waals surface area contributed by atoms with Crippen molar-refractivity contribution in [2.24, 2.45) is 0 Å². The van der Waals surface area contributed by atoms with Gasteiger partial charge in [0.1, 0.15) is 12.4 Å². The van der Waals surface area contributed by atoms with Gasteiger partial charge in [-0.3, -0.25) is 0 Å². The molecule has 1 atom stereocenters. The summed E-state index contributed by atoms with van der Waals surface area (Å²) in [5, 5.41) is 10.8. The van der Waals surface area contributed by atoms with E-state index in [1.165, 1.54) is 0 Å². The molecule has 25 heavy (non-hydrogen) atoms. The molecule has 1 unspecified atom stereocenters. The second-order valence-corrected chi connectivity index (χ2v) is 5.20. The van der Waals surface area contributed by atoms with Gasteiger partial charge in [0.05, 0.1) is 25.4 Å². The number of benzene rings is 2. The van der Waals surface area contributed by atoms with Crippen molar-refractivity contribution in [3.8, 4) is 5.75 Å². The quantitative estimate of drug-likeness (QED) is 0.383. The molecule has 1 N–H and O–H groups in total. The first-order valence-corrected chi connectivity index (χ1v) is 7.88. The number of carbonyl (C=O) groups is 1. The van der Waals surface area contributed by atoms with Crippen LogP contribution in [0.4, 0.5) is 0 Å². The Balaban J connectivity index is 1.73. The van der Waals surface area contributed by atoms with E-state index in [1.54, 1.807) is 31.4 Å². The standard InChI is InChI=1S/C19H22O6/c1-3-18(22-2)25-11-9-23-8-10-24-17-7-6-14-12-16(19(20)21)5-4-15(14)13-17/h3-7,12-13,18H,1,8-11H2,2H3,(H,20,21). The highest BCUT2D eigenvalue weighted by Crippen LogP contribution is 2.22. The minimum atomic E-state index is -0.937. The van der Waals surface area contributed by atoms with Gasteiger partial charge in [0.25, 0.3) is 0 Å². The van der Waals surface area contributed by atoms with Crippen LogP contribution in [0.5, 0.6) is 5.75 Å². The number of hydrogen-bond acceptors (Lipinski definition) is 5. The van der Waals surface area contributed by atoms with Crippen LogP contribution in [0.3, 0.4) is 0 Å². The van der Waals surface area contributed by atoms with E-state index in [0.29, 0.717) is 32.2 Å². The smallest absolute Gasteiger partial charge is 0.335 e. The molecule has 6 nitrogen and oxygen atoms in total. The zero-order chi connectivity index (χ0) is 18.1. The predicted molar refractivity (Wildman–Crippen MR) is 94.2 cm³/mol. The zero-order valence-electron chi connectivity index (χ0n) is 14.1. The Labute approximate surface area is 146 Å². The number of fused-ring (bicyclic) bond motifs is 1. The second-order valence-electron chi connectivity index (χ2n) is 5.20. The summed E-state index contributed by atoms with van der Waals surface area (Å²) in [6.45, 7) is 5.28. The Kier molecular flexibility index (Phi) is 7.40. The van der Waals surface area contributed by atoms with E-state index in [9.17, 15) is 4.79 Å². The van der Waals surface area contributed by atoms with Crippen LogP contribution in [0.2, 0.25) is 0 Å². The van der Waals surface area contributed by atoms with Crippen LogP contribution in [0, 0.1) is 0 Å². The minimum Gasteiger partial charge on any atom is -0.491 e. The summed E-state index contributed by atoms with van der Waals surface area (Å²) in [4.78, 5) is 11.0. The van der Waals surface area contributed by atoms with Crippen LogP contribution in [-0.4, -0.2) is 50.9 Å². The molecule has 2 aromatic rings. The topological polar surface area (TPSA) is 74.2 Å². The van der Waals surface area contributed by atoms with E-state index in [-0.39, 0.29) is 5.56 Å². The van der Waals surface area contributed by atoms with Gasteiger partial charge in [0, 0.05) is 7.11 Å². The maximum Gasteiger partial charge on any atom is 0.335 e. The molecular formula is C19H22O6. The Morgan fingerprint density at radius 3 is 2.56 bits per heavy atom. The highest BCUT2D eigenvalue weighted by atomic mass is 16.7. The van der Waals surface area contributed by atoms with Crippen molar-refractivity contribution in [2.45, 2.75) is 6.29 Å². The fourth-order valence-corrected chi connectivity index (χ4v) is 2.22. The number of hydrogen-bond donors (Lipinski definition) is 1. The van der Waals surface area contributed by atoms with Gasteiger partial charge in [0.15, 0.2) is 6.29 Å². The van der Waals surface area contributed by atoms with Crippen molar-refractivity contribution in [1.82, 2.24) is 0 Å². The highest BCUT2D eigenvalue weighted by molar-refractivity contribution is 5.94. The summed E-state index contributed by atoms with van der Waals surface area (Å²) >= 11 is 0. The Morgan fingerprint density at radius 1 is 1.12 bits per heavy atom. The van der Waals surface area contributed by atoms with E-state index in [0.717, 1.165) is 10.8 Å². The van der Waals surface area contributed by atoms with Crippen LogP contribution >= 0.6 is 0 Å². The summed E-state index contributed by atoms with van der Waals surface area (Å²) < 4.78 is 21.4. The normalized spacial score (nSPS) is 12.0. The predicted octanol–water partition coefficient (Wildman–Crippen LogP) is 3.11. The molecule has 134 valence electrons. The van der Waals surface area contributed by atoms with Crippen LogP contribution in [-0.2, 0) is 14.2 Å². The lowest BCUT2D eigenvalue weighted by Gasteiger charge is -2.12. The number of ether oxygens (including phenoxy) is 4.